The lowest BCUT2D eigenvalue weighted by Gasteiger charge is -2.26. The number of hydrogen-bond acceptors (Lipinski definition) is 2. The molecule has 0 aromatic heterocycles. The molecule has 5 heteroatoms. The molecule has 1 atom stereocenters. The molecule has 0 amide bonds. The summed E-state index contributed by atoms with van der Waals surface area (Å²) < 4.78 is 37.0. The third-order valence-corrected chi connectivity index (χ3v) is 3.83. The molecule has 0 fully saturated rings. The zero-order valence-electron chi connectivity index (χ0n) is 12.0. The van der Waals surface area contributed by atoms with E-state index in [0.717, 1.165) is 6.08 Å². The first kappa shape index (κ1) is 18.0. The molecule has 0 aliphatic heterocycles. The fraction of sp³-hybridized carbons (Fsp3) is 0.786. The van der Waals surface area contributed by atoms with Crippen molar-refractivity contribution < 1.29 is 23.1 Å². The smallest absolute Gasteiger partial charge is 0.389 e. The molecular formula is C14H23F3O2. The van der Waals surface area contributed by atoms with Crippen LogP contribution in [0.3, 0.4) is 0 Å². The van der Waals surface area contributed by atoms with Gasteiger partial charge in [0.2, 0.25) is 0 Å². The van der Waals surface area contributed by atoms with Crippen LogP contribution >= 0.6 is 0 Å². The number of aliphatic hydroxyl groups is 1. The maximum Gasteiger partial charge on any atom is 0.389 e. The van der Waals surface area contributed by atoms with Crippen LogP contribution < -0.4 is 0 Å². The third-order valence-electron chi connectivity index (χ3n) is 3.83. The van der Waals surface area contributed by atoms with Gasteiger partial charge in [-0.05, 0) is 19.3 Å². The maximum absolute atomic E-state index is 12.3. The number of carbonyl (C=O) groups is 1. The molecule has 0 saturated heterocycles. The third kappa shape index (κ3) is 5.66. The predicted molar refractivity (Wildman–Crippen MR) is 68.9 cm³/mol. The predicted octanol–water partition coefficient (Wildman–Crippen LogP) is 4.80. The number of aliphatic hydroxyl groups excluding tert-OH is 1. The molecular weight excluding hydrogens is 257 g/mol. The van der Waals surface area contributed by atoms with Crippen LogP contribution in [0.5, 0.6) is 0 Å². The first-order valence-corrected chi connectivity index (χ1v) is 6.61. The summed E-state index contributed by atoms with van der Waals surface area (Å²) in [5.74, 6) is -1.88. The SMILES string of the molecule is CCC(CC(F)(F)F)C(=O)/C=C(\O)C(C)(CC)CC. The molecule has 0 aliphatic rings. The van der Waals surface area contributed by atoms with Crippen LogP contribution in [-0.4, -0.2) is 17.1 Å². The van der Waals surface area contributed by atoms with Gasteiger partial charge in [-0.3, -0.25) is 4.79 Å². The first-order chi connectivity index (χ1) is 8.59. The van der Waals surface area contributed by atoms with Gasteiger partial charge in [0.15, 0.2) is 5.78 Å². The maximum atomic E-state index is 12.3. The van der Waals surface area contributed by atoms with Crippen molar-refractivity contribution in [2.24, 2.45) is 11.3 Å². The molecule has 0 radical (unpaired) electrons. The van der Waals surface area contributed by atoms with Gasteiger partial charge >= 0.3 is 6.18 Å². The van der Waals surface area contributed by atoms with E-state index in [0.29, 0.717) is 12.8 Å². The minimum Gasteiger partial charge on any atom is -0.512 e. The molecule has 0 saturated carbocycles. The van der Waals surface area contributed by atoms with E-state index in [9.17, 15) is 23.1 Å². The fourth-order valence-electron chi connectivity index (χ4n) is 1.76. The van der Waals surface area contributed by atoms with Gasteiger partial charge in [-0.1, -0.05) is 27.7 Å². The average Bonchev–Trinajstić information content (AvgIpc) is 2.33. The number of hydrogen-bond donors (Lipinski definition) is 1. The molecule has 0 heterocycles. The molecule has 1 unspecified atom stereocenters. The molecule has 0 aliphatic carbocycles. The quantitative estimate of drug-likeness (QED) is 0.537. The normalized spacial score (nSPS) is 15.4. The second-order valence-electron chi connectivity index (χ2n) is 5.12. The Kier molecular flexibility index (Phi) is 6.60. The number of carbonyl (C=O) groups excluding carboxylic acids is 1. The number of ketones is 1. The van der Waals surface area contributed by atoms with Gasteiger partial charge in [0, 0.05) is 17.4 Å². The molecule has 0 rings (SSSR count). The van der Waals surface area contributed by atoms with Crippen molar-refractivity contribution >= 4 is 5.78 Å². The molecule has 112 valence electrons. The number of alkyl halides is 3. The zero-order valence-corrected chi connectivity index (χ0v) is 12.0. The summed E-state index contributed by atoms with van der Waals surface area (Å²) in [5, 5.41) is 9.94. The van der Waals surface area contributed by atoms with E-state index in [1.54, 1.807) is 6.92 Å². The van der Waals surface area contributed by atoms with Crippen molar-refractivity contribution in [1.82, 2.24) is 0 Å². The van der Waals surface area contributed by atoms with Crippen LogP contribution in [0, 0.1) is 11.3 Å². The van der Waals surface area contributed by atoms with E-state index < -0.39 is 29.7 Å². The minimum atomic E-state index is -4.36. The van der Waals surface area contributed by atoms with Crippen molar-refractivity contribution in [2.75, 3.05) is 0 Å². The Hall–Kier alpha value is -1.00. The molecule has 1 N–H and O–H groups in total. The van der Waals surface area contributed by atoms with Crippen LogP contribution in [0.2, 0.25) is 0 Å². The Labute approximate surface area is 112 Å². The minimum absolute atomic E-state index is 0.108. The van der Waals surface area contributed by atoms with Gasteiger partial charge < -0.3 is 5.11 Å². The Balaban J connectivity index is 4.99. The molecule has 2 nitrogen and oxygen atoms in total. The Bertz CT molecular complexity index is 328. The Morgan fingerprint density at radius 2 is 1.68 bits per heavy atom. The molecule has 0 aromatic rings. The molecule has 19 heavy (non-hydrogen) atoms. The average molecular weight is 280 g/mol. The summed E-state index contributed by atoms with van der Waals surface area (Å²) in [7, 11) is 0. The topological polar surface area (TPSA) is 37.3 Å². The first-order valence-electron chi connectivity index (χ1n) is 6.61. The lowest BCUT2D eigenvalue weighted by atomic mass is 9.81. The Morgan fingerprint density at radius 3 is 2.00 bits per heavy atom. The fourth-order valence-corrected chi connectivity index (χ4v) is 1.76. The van der Waals surface area contributed by atoms with Gasteiger partial charge in [-0.25, -0.2) is 0 Å². The van der Waals surface area contributed by atoms with E-state index in [1.165, 1.54) is 6.92 Å². The van der Waals surface area contributed by atoms with Crippen molar-refractivity contribution in [3.05, 3.63) is 11.8 Å². The highest BCUT2D eigenvalue weighted by Crippen LogP contribution is 2.34. The van der Waals surface area contributed by atoms with Gasteiger partial charge in [-0.2, -0.15) is 13.2 Å². The number of allylic oxidation sites excluding steroid dienone is 2. The highest BCUT2D eigenvalue weighted by atomic mass is 19.4. The van der Waals surface area contributed by atoms with Crippen LogP contribution in [0.15, 0.2) is 11.8 Å². The zero-order chi connectivity index (χ0) is 15.3. The number of rotatable bonds is 7. The van der Waals surface area contributed by atoms with E-state index in [4.69, 9.17) is 0 Å². The van der Waals surface area contributed by atoms with E-state index in [2.05, 4.69) is 0 Å². The van der Waals surface area contributed by atoms with Crippen molar-refractivity contribution in [1.29, 1.82) is 0 Å². The van der Waals surface area contributed by atoms with Crippen LogP contribution in [-0.2, 0) is 4.79 Å². The van der Waals surface area contributed by atoms with Crippen molar-refractivity contribution in [2.45, 2.75) is 59.6 Å². The highest BCUT2D eigenvalue weighted by Gasteiger charge is 2.34. The second-order valence-corrected chi connectivity index (χ2v) is 5.12. The summed E-state index contributed by atoms with van der Waals surface area (Å²) >= 11 is 0. The highest BCUT2D eigenvalue weighted by molar-refractivity contribution is 5.92. The van der Waals surface area contributed by atoms with Crippen molar-refractivity contribution in [3.63, 3.8) is 0 Å². The van der Waals surface area contributed by atoms with Crippen molar-refractivity contribution in [3.8, 4) is 0 Å². The molecule has 0 spiro atoms. The molecule has 0 bridgehead atoms. The van der Waals surface area contributed by atoms with Gasteiger partial charge in [-0.15, -0.1) is 0 Å². The molecule has 0 aromatic carbocycles. The monoisotopic (exact) mass is 280 g/mol. The van der Waals surface area contributed by atoms with Crippen LogP contribution in [0.4, 0.5) is 13.2 Å². The summed E-state index contributed by atoms with van der Waals surface area (Å²) in [6.45, 7) is 7.06. The van der Waals surface area contributed by atoms with Gasteiger partial charge in [0.25, 0.3) is 0 Å². The lowest BCUT2D eigenvalue weighted by molar-refractivity contribution is -0.151. The number of halogens is 3. The second kappa shape index (κ2) is 6.96. The van der Waals surface area contributed by atoms with Gasteiger partial charge in [0.05, 0.1) is 6.42 Å². The largest absolute Gasteiger partial charge is 0.512 e. The summed E-state index contributed by atoms with van der Waals surface area (Å²) in [4.78, 5) is 11.8. The summed E-state index contributed by atoms with van der Waals surface area (Å²) in [6, 6.07) is 0. The lowest BCUT2D eigenvalue weighted by Crippen LogP contribution is -2.23. The Morgan fingerprint density at radius 1 is 1.21 bits per heavy atom. The van der Waals surface area contributed by atoms with E-state index in [-0.39, 0.29) is 12.2 Å². The van der Waals surface area contributed by atoms with Gasteiger partial charge in [0.1, 0.15) is 5.76 Å². The summed E-state index contributed by atoms with van der Waals surface area (Å²) in [6.07, 6.45) is -3.17. The summed E-state index contributed by atoms with van der Waals surface area (Å²) in [5.41, 5.74) is -0.549. The van der Waals surface area contributed by atoms with E-state index >= 15 is 0 Å². The van der Waals surface area contributed by atoms with Crippen LogP contribution in [0.25, 0.3) is 0 Å². The standard InChI is InChI=1S/C14H23F3O2/c1-5-10(9-14(15,16)17)11(18)8-12(19)13(4,6-2)7-3/h8,10,19H,5-7,9H2,1-4H3/b12-8-. The van der Waals surface area contributed by atoms with Crippen LogP contribution in [0.1, 0.15) is 53.4 Å². The van der Waals surface area contributed by atoms with E-state index in [1.807, 2.05) is 13.8 Å².